The molecular formula is C20H25N3O4. The lowest BCUT2D eigenvalue weighted by Gasteiger charge is -2.27. The Balaban J connectivity index is 1.82. The van der Waals surface area contributed by atoms with Crippen LogP contribution in [-0.2, 0) is 6.54 Å². The number of rotatable bonds is 6. The average Bonchev–Trinajstić information content (AvgIpc) is 3.19. The van der Waals surface area contributed by atoms with Crippen LogP contribution in [0.25, 0.3) is 0 Å². The molecule has 1 aliphatic rings. The predicted molar refractivity (Wildman–Crippen MR) is 102 cm³/mol. The van der Waals surface area contributed by atoms with Crippen LogP contribution in [0.1, 0.15) is 52.7 Å². The van der Waals surface area contributed by atoms with Crippen LogP contribution in [0.15, 0.2) is 34.9 Å². The number of furan rings is 1. The van der Waals surface area contributed by atoms with Crippen LogP contribution in [0.2, 0.25) is 0 Å². The van der Waals surface area contributed by atoms with E-state index in [1.54, 1.807) is 24.3 Å². The molecule has 1 aromatic heterocycles. The number of nitrogens with one attached hydrogen (secondary N) is 1. The Morgan fingerprint density at radius 1 is 1.19 bits per heavy atom. The molecule has 1 aliphatic heterocycles. The molecule has 1 saturated heterocycles. The standard InChI is InChI=1S/C20H25N3O4/c1-2-26-18-7-6-14(20(25)23-8-4-3-5-9-23)11-17(18)22-19(24)15-10-16(12-21)27-13-15/h6-7,10-11,13H,2-5,8-9,12,21H2,1H3,(H,22,24). The highest BCUT2D eigenvalue weighted by Gasteiger charge is 2.20. The summed E-state index contributed by atoms with van der Waals surface area (Å²) in [5.41, 5.74) is 6.87. The van der Waals surface area contributed by atoms with E-state index in [1.807, 2.05) is 11.8 Å². The quantitative estimate of drug-likeness (QED) is 0.813. The molecule has 3 rings (SSSR count). The zero-order chi connectivity index (χ0) is 19.2. The molecule has 1 fully saturated rings. The van der Waals surface area contributed by atoms with Gasteiger partial charge in [-0.25, -0.2) is 0 Å². The Morgan fingerprint density at radius 3 is 2.63 bits per heavy atom. The molecule has 2 amide bonds. The van der Waals surface area contributed by atoms with Gasteiger partial charge in [0, 0.05) is 18.7 Å². The molecule has 0 unspecified atom stereocenters. The minimum atomic E-state index is -0.345. The van der Waals surface area contributed by atoms with Gasteiger partial charge in [-0.05, 0) is 50.5 Å². The molecule has 7 heteroatoms. The molecule has 1 aromatic carbocycles. The topological polar surface area (TPSA) is 97.8 Å². The summed E-state index contributed by atoms with van der Waals surface area (Å²) in [6, 6.07) is 6.72. The summed E-state index contributed by atoms with van der Waals surface area (Å²) in [6.45, 7) is 4.07. The van der Waals surface area contributed by atoms with E-state index in [1.165, 1.54) is 6.26 Å². The Morgan fingerprint density at radius 2 is 1.96 bits per heavy atom. The third-order valence-corrected chi connectivity index (χ3v) is 4.53. The van der Waals surface area contributed by atoms with Gasteiger partial charge in [-0.15, -0.1) is 0 Å². The van der Waals surface area contributed by atoms with Crippen LogP contribution in [0.4, 0.5) is 5.69 Å². The Bertz CT molecular complexity index is 809. The maximum absolute atomic E-state index is 12.8. The van der Waals surface area contributed by atoms with E-state index in [9.17, 15) is 9.59 Å². The van der Waals surface area contributed by atoms with Crippen molar-refractivity contribution >= 4 is 17.5 Å². The van der Waals surface area contributed by atoms with Crippen molar-refractivity contribution in [2.24, 2.45) is 5.73 Å². The van der Waals surface area contributed by atoms with E-state index < -0.39 is 0 Å². The van der Waals surface area contributed by atoms with E-state index >= 15 is 0 Å². The van der Waals surface area contributed by atoms with Crippen molar-refractivity contribution in [1.29, 1.82) is 0 Å². The van der Waals surface area contributed by atoms with Gasteiger partial charge in [0.1, 0.15) is 17.8 Å². The van der Waals surface area contributed by atoms with E-state index in [2.05, 4.69) is 5.32 Å². The van der Waals surface area contributed by atoms with Gasteiger partial charge in [-0.1, -0.05) is 0 Å². The summed E-state index contributed by atoms with van der Waals surface area (Å²) < 4.78 is 10.8. The normalized spacial score (nSPS) is 14.1. The zero-order valence-electron chi connectivity index (χ0n) is 15.5. The summed E-state index contributed by atoms with van der Waals surface area (Å²) in [4.78, 5) is 27.1. The molecule has 0 bridgehead atoms. The molecule has 2 aromatic rings. The highest BCUT2D eigenvalue weighted by atomic mass is 16.5. The highest BCUT2D eigenvalue weighted by Crippen LogP contribution is 2.28. The molecule has 144 valence electrons. The highest BCUT2D eigenvalue weighted by molar-refractivity contribution is 6.06. The van der Waals surface area contributed by atoms with Gasteiger partial charge in [0.15, 0.2) is 0 Å². The number of benzene rings is 1. The number of ether oxygens (including phenoxy) is 1. The first-order valence-electron chi connectivity index (χ1n) is 9.27. The number of amides is 2. The molecule has 7 nitrogen and oxygen atoms in total. The third kappa shape index (κ3) is 4.49. The SMILES string of the molecule is CCOc1ccc(C(=O)N2CCCCC2)cc1NC(=O)c1coc(CN)c1. The zero-order valence-corrected chi connectivity index (χ0v) is 15.5. The lowest BCUT2D eigenvalue weighted by Crippen LogP contribution is -2.35. The minimum absolute atomic E-state index is 0.0259. The molecule has 0 atom stereocenters. The molecule has 2 heterocycles. The summed E-state index contributed by atoms with van der Waals surface area (Å²) in [6.07, 6.45) is 4.57. The first kappa shape index (κ1) is 19.0. The molecule has 0 radical (unpaired) electrons. The number of nitrogens with zero attached hydrogens (tertiary/aromatic N) is 1. The Hall–Kier alpha value is -2.80. The van der Waals surface area contributed by atoms with Crippen LogP contribution in [0.5, 0.6) is 5.75 Å². The molecule has 3 N–H and O–H groups in total. The average molecular weight is 371 g/mol. The van der Waals surface area contributed by atoms with Crippen LogP contribution in [-0.4, -0.2) is 36.4 Å². The lowest BCUT2D eigenvalue weighted by molar-refractivity contribution is 0.0724. The maximum atomic E-state index is 12.8. The van der Waals surface area contributed by atoms with Gasteiger partial charge in [-0.2, -0.15) is 0 Å². The number of nitrogens with two attached hydrogens (primary N) is 1. The predicted octanol–water partition coefficient (Wildman–Crippen LogP) is 3.02. The summed E-state index contributed by atoms with van der Waals surface area (Å²) in [5.74, 6) is 0.673. The monoisotopic (exact) mass is 371 g/mol. The largest absolute Gasteiger partial charge is 0.492 e. The number of likely N-dealkylation sites (tertiary alicyclic amines) is 1. The summed E-state index contributed by atoms with van der Waals surface area (Å²) in [5, 5.41) is 2.81. The first-order chi connectivity index (χ1) is 13.1. The van der Waals surface area contributed by atoms with Crippen LogP contribution < -0.4 is 15.8 Å². The first-order valence-corrected chi connectivity index (χ1v) is 9.27. The molecule has 27 heavy (non-hydrogen) atoms. The second-order valence-corrected chi connectivity index (χ2v) is 6.46. The fourth-order valence-corrected chi connectivity index (χ4v) is 3.12. The summed E-state index contributed by atoms with van der Waals surface area (Å²) >= 11 is 0. The van der Waals surface area contributed by atoms with Gasteiger partial charge in [-0.3, -0.25) is 9.59 Å². The van der Waals surface area contributed by atoms with E-state index in [0.717, 1.165) is 32.4 Å². The molecular weight excluding hydrogens is 346 g/mol. The van der Waals surface area contributed by atoms with E-state index in [0.29, 0.717) is 34.9 Å². The smallest absolute Gasteiger partial charge is 0.259 e. The van der Waals surface area contributed by atoms with Crippen molar-refractivity contribution in [2.75, 3.05) is 25.0 Å². The van der Waals surface area contributed by atoms with Gasteiger partial charge in [0.25, 0.3) is 11.8 Å². The molecule has 0 spiro atoms. The number of hydrogen-bond acceptors (Lipinski definition) is 5. The van der Waals surface area contributed by atoms with E-state index in [-0.39, 0.29) is 18.4 Å². The number of carbonyl (C=O) groups excluding carboxylic acids is 2. The lowest BCUT2D eigenvalue weighted by atomic mass is 10.1. The summed E-state index contributed by atoms with van der Waals surface area (Å²) in [7, 11) is 0. The number of hydrogen-bond donors (Lipinski definition) is 2. The van der Waals surface area contributed by atoms with Crippen LogP contribution >= 0.6 is 0 Å². The fraction of sp³-hybridized carbons (Fsp3) is 0.400. The van der Waals surface area contributed by atoms with E-state index in [4.69, 9.17) is 14.9 Å². The molecule has 0 aliphatic carbocycles. The van der Waals surface area contributed by atoms with Gasteiger partial charge < -0.3 is 25.1 Å². The van der Waals surface area contributed by atoms with Crippen molar-refractivity contribution in [2.45, 2.75) is 32.7 Å². The van der Waals surface area contributed by atoms with Crippen molar-refractivity contribution < 1.29 is 18.7 Å². The Labute approximate surface area is 158 Å². The van der Waals surface area contributed by atoms with Gasteiger partial charge in [0.2, 0.25) is 0 Å². The van der Waals surface area contributed by atoms with Crippen molar-refractivity contribution in [3.8, 4) is 5.75 Å². The number of piperidine rings is 1. The second-order valence-electron chi connectivity index (χ2n) is 6.46. The fourth-order valence-electron chi connectivity index (χ4n) is 3.12. The van der Waals surface area contributed by atoms with Crippen molar-refractivity contribution in [3.05, 3.63) is 47.4 Å². The molecule has 0 saturated carbocycles. The number of carbonyl (C=O) groups is 2. The van der Waals surface area contributed by atoms with Gasteiger partial charge in [0.05, 0.1) is 24.4 Å². The third-order valence-electron chi connectivity index (χ3n) is 4.53. The van der Waals surface area contributed by atoms with Crippen LogP contribution in [0, 0.1) is 0 Å². The van der Waals surface area contributed by atoms with Crippen molar-refractivity contribution in [1.82, 2.24) is 4.90 Å². The maximum Gasteiger partial charge on any atom is 0.259 e. The minimum Gasteiger partial charge on any atom is -0.492 e. The van der Waals surface area contributed by atoms with Crippen molar-refractivity contribution in [3.63, 3.8) is 0 Å². The van der Waals surface area contributed by atoms with Gasteiger partial charge >= 0.3 is 0 Å². The Kier molecular flexibility index (Phi) is 6.13. The number of anilines is 1. The van der Waals surface area contributed by atoms with Crippen LogP contribution in [0.3, 0.4) is 0 Å². The second kappa shape index (κ2) is 8.73.